The smallest absolute Gasteiger partial charge is 0.337 e. The van der Waals surface area contributed by atoms with E-state index in [0.29, 0.717) is 11.5 Å². The van der Waals surface area contributed by atoms with Gasteiger partial charge in [-0.2, -0.15) is 0 Å². The van der Waals surface area contributed by atoms with Crippen molar-refractivity contribution in [3.05, 3.63) is 23.0 Å². The van der Waals surface area contributed by atoms with Crippen molar-refractivity contribution in [3.63, 3.8) is 0 Å². The van der Waals surface area contributed by atoms with Crippen LogP contribution in [0.25, 0.3) is 0 Å². The van der Waals surface area contributed by atoms with Crippen molar-refractivity contribution >= 4 is 5.97 Å². The molecule has 0 aromatic carbocycles. The van der Waals surface area contributed by atoms with Gasteiger partial charge in [-0.3, -0.25) is 0 Å². The van der Waals surface area contributed by atoms with Gasteiger partial charge in [0.1, 0.15) is 0 Å². The van der Waals surface area contributed by atoms with Crippen LogP contribution >= 0.6 is 0 Å². The fourth-order valence-corrected chi connectivity index (χ4v) is 2.02. The van der Waals surface area contributed by atoms with Crippen LogP contribution < -0.4 is 0 Å². The topological polar surface area (TPSA) is 42.2 Å². The zero-order valence-corrected chi connectivity index (χ0v) is 10.6. The highest BCUT2D eigenvalue weighted by molar-refractivity contribution is 5.89. The van der Waals surface area contributed by atoms with Crippen LogP contribution in [-0.4, -0.2) is 15.6 Å². The number of hydrogen-bond donors (Lipinski definition) is 1. The van der Waals surface area contributed by atoms with E-state index in [0.717, 1.165) is 30.8 Å². The summed E-state index contributed by atoms with van der Waals surface area (Å²) in [5.74, 6) is -0.407. The van der Waals surface area contributed by atoms with E-state index in [1.807, 2.05) is 13.0 Å². The lowest BCUT2D eigenvalue weighted by Gasteiger charge is -2.14. The fourth-order valence-electron chi connectivity index (χ4n) is 2.02. The van der Waals surface area contributed by atoms with Crippen LogP contribution in [0, 0.1) is 6.92 Å². The molecule has 0 saturated carbocycles. The molecule has 0 spiro atoms. The predicted octanol–water partition coefficient (Wildman–Crippen LogP) is 3.42. The molecule has 1 heterocycles. The Kier molecular flexibility index (Phi) is 4.16. The molecule has 3 nitrogen and oxygen atoms in total. The maximum absolute atomic E-state index is 11.1. The number of aromatic nitrogens is 1. The Bertz CT molecular complexity index is 380. The number of carbonyl (C=O) groups is 1. The summed E-state index contributed by atoms with van der Waals surface area (Å²) in [4.78, 5) is 11.1. The van der Waals surface area contributed by atoms with Crippen molar-refractivity contribution in [1.82, 2.24) is 4.57 Å². The van der Waals surface area contributed by atoms with Gasteiger partial charge in [0.05, 0.1) is 5.56 Å². The number of carboxylic acids is 1. The summed E-state index contributed by atoms with van der Waals surface area (Å²) in [7, 11) is 0. The van der Waals surface area contributed by atoms with E-state index >= 15 is 0 Å². The minimum absolute atomic E-state index is 0.415. The molecule has 0 bridgehead atoms. The first-order valence-electron chi connectivity index (χ1n) is 5.96. The molecule has 1 atom stereocenters. The highest BCUT2D eigenvalue weighted by atomic mass is 16.4. The summed E-state index contributed by atoms with van der Waals surface area (Å²) < 4.78 is 2.15. The number of rotatable bonds is 5. The Morgan fingerprint density at radius 3 is 2.56 bits per heavy atom. The van der Waals surface area contributed by atoms with E-state index in [1.165, 1.54) is 0 Å². The molecule has 16 heavy (non-hydrogen) atoms. The quantitative estimate of drug-likeness (QED) is 0.831. The third-order valence-corrected chi connectivity index (χ3v) is 3.19. The lowest BCUT2D eigenvalue weighted by Crippen LogP contribution is -2.07. The van der Waals surface area contributed by atoms with Gasteiger partial charge >= 0.3 is 5.97 Å². The first-order chi connectivity index (χ1) is 7.52. The molecule has 0 aliphatic carbocycles. The van der Waals surface area contributed by atoms with Gasteiger partial charge in [-0.05, 0) is 31.7 Å². The minimum Gasteiger partial charge on any atom is -0.478 e. The summed E-state index contributed by atoms with van der Waals surface area (Å²) in [6.45, 7) is 9.18. The molecule has 0 aliphatic rings. The Morgan fingerprint density at radius 1 is 1.50 bits per heavy atom. The SMILES string of the molecule is CCCn1c(C(C)CC)cc(C(=O)O)c1C. The van der Waals surface area contributed by atoms with E-state index in [-0.39, 0.29) is 0 Å². The van der Waals surface area contributed by atoms with Crippen LogP contribution in [-0.2, 0) is 6.54 Å². The van der Waals surface area contributed by atoms with Crippen LogP contribution in [0.2, 0.25) is 0 Å². The maximum Gasteiger partial charge on any atom is 0.337 e. The van der Waals surface area contributed by atoms with Crippen LogP contribution in [0.1, 0.15) is 61.3 Å². The summed E-state index contributed by atoms with van der Waals surface area (Å²) in [5, 5.41) is 9.11. The molecule has 3 heteroatoms. The number of nitrogens with zero attached hydrogens (tertiary/aromatic N) is 1. The van der Waals surface area contributed by atoms with Crippen molar-refractivity contribution in [1.29, 1.82) is 0 Å². The predicted molar refractivity (Wildman–Crippen MR) is 65.1 cm³/mol. The van der Waals surface area contributed by atoms with Crippen LogP contribution in [0.4, 0.5) is 0 Å². The highest BCUT2D eigenvalue weighted by Crippen LogP contribution is 2.25. The normalized spacial score (nSPS) is 12.8. The Morgan fingerprint density at radius 2 is 2.12 bits per heavy atom. The molecule has 0 radical (unpaired) electrons. The minimum atomic E-state index is -0.822. The van der Waals surface area contributed by atoms with E-state index in [2.05, 4.69) is 25.3 Å². The van der Waals surface area contributed by atoms with Gasteiger partial charge in [0.25, 0.3) is 0 Å². The van der Waals surface area contributed by atoms with Crippen molar-refractivity contribution in [2.45, 2.75) is 53.0 Å². The zero-order valence-electron chi connectivity index (χ0n) is 10.6. The lowest BCUT2D eigenvalue weighted by molar-refractivity contribution is 0.0696. The van der Waals surface area contributed by atoms with Gasteiger partial charge in [0.15, 0.2) is 0 Å². The molecule has 1 N–H and O–H groups in total. The van der Waals surface area contributed by atoms with Crippen molar-refractivity contribution in [3.8, 4) is 0 Å². The Hall–Kier alpha value is -1.25. The van der Waals surface area contributed by atoms with Crippen LogP contribution in [0.5, 0.6) is 0 Å². The monoisotopic (exact) mass is 223 g/mol. The van der Waals surface area contributed by atoms with Crippen molar-refractivity contribution < 1.29 is 9.90 Å². The van der Waals surface area contributed by atoms with Gasteiger partial charge < -0.3 is 9.67 Å². The summed E-state index contributed by atoms with van der Waals surface area (Å²) in [6.07, 6.45) is 2.06. The van der Waals surface area contributed by atoms with E-state index in [9.17, 15) is 4.79 Å². The molecule has 1 unspecified atom stereocenters. The maximum atomic E-state index is 11.1. The average molecular weight is 223 g/mol. The molecular formula is C13H21NO2. The molecule has 1 rings (SSSR count). The van der Waals surface area contributed by atoms with E-state index < -0.39 is 5.97 Å². The van der Waals surface area contributed by atoms with Gasteiger partial charge in [-0.1, -0.05) is 20.8 Å². The number of aromatic carboxylic acids is 1. The Balaban J connectivity index is 3.24. The second kappa shape index (κ2) is 5.19. The first-order valence-corrected chi connectivity index (χ1v) is 5.96. The van der Waals surface area contributed by atoms with E-state index in [4.69, 9.17) is 5.11 Å². The highest BCUT2D eigenvalue weighted by Gasteiger charge is 2.18. The van der Waals surface area contributed by atoms with Gasteiger partial charge in [0.2, 0.25) is 0 Å². The summed E-state index contributed by atoms with van der Waals surface area (Å²) in [5.41, 5.74) is 2.48. The second-order valence-corrected chi connectivity index (χ2v) is 4.33. The van der Waals surface area contributed by atoms with Crippen LogP contribution in [0.3, 0.4) is 0 Å². The van der Waals surface area contributed by atoms with Gasteiger partial charge in [-0.15, -0.1) is 0 Å². The largest absolute Gasteiger partial charge is 0.478 e. The fraction of sp³-hybridized carbons (Fsp3) is 0.615. The van der Waals surface area contributed by atoms with Crippen LogP contribution in [0.15, 0.2) is 6.07 Å². The summed E-state index contributed by atoms with van der Waals surface area (Å²) >= 11 is 0. The molecule has 90 valence electrons. The molecule has 0 saturated heterocycles. The Labute approximate surface area is 97.1 Å². The van der Waals surface area contributed by atoms with E-state index in [1.54, 1.807) is 0 Å². The molecule has 1 aromatic rings. The molecular weight excluding hydrogens is 202 g/mol. The second-order valence-electron chi connectivity index (χ2n) is 4.33. The standard InChI is InChI=1S/C13H21NO2/c1-5-7-14-10(4)11(13(15)16)8-12(14)9(3)6-2/h8-9H,5-7H2,1-4H3,(H,15,16). The third-order valence-electron chi connectivity index (χ3n) is 3.19. The molecule has 0 fully saturated rings. The first kappa shape index (κ1) is 12.8. The third kappa shape index (κ3) is 2.29. The summed E-state index contributed by atoms with van der Waals surface area (Å²) in [6, 6.07) is 1.83. The van der Waals surface area contributed by atoms with Crippen molar-refractivity contribution in [2.24, 2.45) is 0 Å². The molecule has 1 aromatic heterocycles. The number of carboxylic acid groups (broad SMARTS) is 1. The molecule has 0 amide bonds. The zero-order chi connectivity index (χ0) is 12.3. The van der Waals surface area contributed by atoms with Gasteiger partial charge in [-0.25, -0.2) is 4.79 Å². The lowest BCUT2D eigenvalue weighted by atomic mass is 10.0. The number of hydrogen-bond acceptors (Lipinski definition) is 1. The molecule has 0 aliphatic heterocycles. The van der Waals surface area contributed by atoms with Gasteiger partial charge in [0, 0.05) is 17.9 Å². The van der Waals surface area contributed by atoms with Crippen molar-refractivity contribution in [2.75, 3.05) is 0 Å². The average Bonchev–Trinajstić information content (AvgIpc) is 2.57.